The number of aryl methyl sites for hydroxylation is 1. The van der Waals surface area contributed by atoms with Crippen molar-refractivity contribution in [3.63, 3.8) is 0 Å². The molecule has 0 aliphatic rings. The first-order valence-corrected chi connectivity index (χ1v) is 7.45. The van der Waals surface area contributed by atoms with Gasteiger partial charge in [0.05, 0.1) is 12.1 Å². The Kier molecular flexibility index (Phi) is 5.37. The van der Waals surface area contributed by atoms with Gasteiger partial charge < -0.3 is 4.74 Å². The first-order valence-electron chi connectivity index (χ1n) is 7.45. The van der Waals surface area contributed by atoms with Gasteiger partial charge in [-0.05, 0) is 49.1 Å². The quantitative estimate of drug-likeness (QED) is 0.629. The van der Waals surface area contributed by atoms with Gasteiger partial charge in [0.1, 0.15) is 5.75 Å². The zero-order chi connectivity index (χ0) is 15.2. The fourth-order valence-electron chi connectivity index (χ4n) is 2.42. The van der Waals surface area contributed by atoms with E-state index in [1.54, 1.807) is 0 Å². The Bertz CT molecular complexity index is 581. The van der Waals surface area contributed by atoms with E-state index < -0.39 is 0 Å². The fourth-order valence-corrected chi connectivity index (χ4v) is 2.42. The Balaban J connectivity index is 2.32. The highest BCUT2D eigenvalue weighted by Crippen LogP contribution is 2.25. The zero-order valence-electron chi connectivity index (χ0n) is 13.0. The van der Waals surface area contributed by atoms with Crippen molar-refractivity contribution in [2.75, 3.05) is 0 Å². The SMILES string of the molecule is CCc1cccc(C(NN)c2cccc(OC(C)C)c2)c1. The summed E-state index contributed by atoms with van der Waals surface area (Å²) in [7, 11) is 0. The van der Waals surface area contributed by atoms with Crippen LogP contribution >= 0.6 is 0 Å². The van der Waals surface area contributed by atoms with Crippen LogP contribution in [0.2, 0.25) is 0 Å². The molecule has 21 heavy (non-hydrogen) atoms. The van der Waals surface area contributed by atoms with E-state index in [9.17, 15) is 0 Å². The van der Waals surface area contributed by atoms with Crippen molar-refractivity contribution >= 4 is 0 Å². The summed E-state index contributed by atoms with van der Waals surface area (Å²) in [6, 6.07) is 16.6. The molecule has 3 nitrogen and oxygen atoms in total. The van der Waals surface area contributed by atoms with Crippen LogP contribution in [0.3, 0.4) is 0 Å². The van der Waals surface area contributed by atoms with Gasteiger partial charge in [-0.2, -0.15) is 0 Å². The average Bonchev–Trinajstić information content (AvgIpc) is 2.48. The summed E-state index contributed by atoms with van der Waals surface area (Å²) in [6.45, 7) is 6.20. The van der Waals surface area contributed by atoms with Crippen molar-refractivity contribution in [1.29, 1.82) is 0 Å². The van der Waals surface area contributed by atoms with E-state index in [0.29, 0.717) is 0 Å². The van der Waals surface area contributed by atoms with Gasteiger partial charge in [0.25, 0.3) is 0 Å². The Morgan fingerprint density at radius 3 is 2.33 bits per heavy atom. The van der Waals surface area contributed by atoms with Crippen LogP contribution in [0.1, 0.15) is 43.5 Å². The minimum Gasteiger partial charge on any atom is -0.491 e. The molecule has 3 heteroatoms. The summed E-state index contributed by atoms with van der Waals surface area (Å²) in [6.07, 6.45) is 1.18. The molecule has 0 aromatic heterocycles. The average molecular weight is 284 g/mol. The third kappa shape index (κ3) is 4.06. The summed E-state index contributed by atoms with van der Waals surface area (Å²) in [5.41, 5.74) is 6.48. The summed E-state index contributed by atoms with van der Waals surface area (Å²) in [5, 5.41) is 0. The monoisotopic (exact) mass is 284 g/mol. The fraction of sp³-hybridized carbons (Fsp3) is 0.333. The van der Waals surface area contributed by atoms with Crippen LogP contribution < -0.4 is 16.0 Å². The lowest BCUT2D eigenvalue weighted by Gasteiger charge is -2.19. The molecule has 0 spiro atoms. The van der Waals surface area contributed by atoms with E-state index in [1.807, 2.05) is 32.0 Å². The van der Waals surface area contributed by atoms with E-state index in [-0.39, 0.29) is 12.1 Å². The predicted molar refractivity (Wildman–Crippen MR) is 87.2 cm³/mol. The Hall–Kier alpha value is -1.84. The molecule has 3 N–H and O–H groups in total. The highest BCUT2D eigenvalue weighted by Gasteiger charge is 2.13. The maximum absolute atomic E-state index is 5.79. The number of ether oxygens (including phenoxy) is 1. The predicted octanol–water partition coefficient (Wildman–Crippen LogP) is 3.59. The van der Waals surface area contributed by atoms with Crippen molar-refractivity contribution < 1.29 is 4.74 Å². The van der Waals surface area contributed by atoms with Gasteiger partial charge in [-0.25, -0.2) is 5.43 Å². The summed E-state index contributed by atoms with van der Waals surface area (Å²) >= 11 is 0. The van der Waals surface area contributed by atoms with Gasteiger partial charge in [-0.15, -0.1) is 0 Å². The molecule has 1 unspecified atom stereocenters. The van der Waals surface area contributed by atoms with E-state index in [1.165, 1.54) is 11.1 Å². The highest BCUT2D eigenvalue weighted by atomic mass is 16.5. The summed E-state index contributed by atoms with van der Waals surface area (Å²) in [5.74, 6) is 6.66. The Morgan fingerprint density at radius 2 is 1.71 bits per heavy atom. The van der Waals surface area contributed by atoms with Crippen LogP contribution in [0, 0.1) is 0 Å². The normalized spacial score (nSPS) is 12.4. The van der Waals surface area contributed by atoms with Crippen molar-refractivity contribution in [3.05, 3.63) is 65.2 Å². The number of benzene rings is 2. The molecule has 112 valence electrons. The number of nitrogens with two attached hydrogens (primary N) is 1. The molecule has 0 aliphatic carbocycles. The molecule has 0 bridgehead atoms. The van der Waals surface area contributed by atoms with E-state index in [0.717, 1.165) is 17.7 Å². The molecule has 0 saturated heterocycles. The van der Waals surface area contributed by atoms with Gasteiger partial charge in [-0.3, -0.25) is 5.84 Å². The molecule has 2 rings (SSSR count). The second kappa shape index (κ2) is 7.25. The minimum absolute atomic E-state index is 0.0350. The standard InChI is InChI=1S/C18H24N2O/c1-4-14-7-5-8-15(11-14)18(20-19)16-9-6-10-17(12-16)21-13(2)3/h5-13,18,20H,4,19H2,1-3H3. The first kappa shape index (κ1) is 15.5. The first-order chi connectivity index (χ1) is 10.1. The van der Waals surface area contributed by atoms with E-state index >= 15 is 0 Å². The van der Waals surface area contributed by atoms with Crippen LogP contribution in [-0.2, 0) is 6.42 Å². The maximum Gasteiger partial charge on any atom is 0.120 e. The van der Waals surface area contributed by atoms with Crippen LogP contribution in [0.15, 0.2) is 48.5 Å². The topological polar surface area (TPSA) is 47.3 Å². The van der Waals surface area contributed by atoms with Crippen molar-refractivity contribution in [2.45, 2.75) is 39.3 Å². The highest BCUT2D eigenvalue weighted by molar-refractivity contribution is 5.38. The van der Waals surface area contributed by atoms with Crippen LogP contribution in [-0.4, -0.2) is 6.10 Å². The molecular formula is C18H24N2O. The van der Waals surface area contributed by atoms with Crippen molar-refractivity contribution in [1.82, 2.24) is 5.43 Å². The van der Waals surface area contributed by atoms with Crippen LogP contribution in [0.5, 0.6) is 5.75 Å². The molecule has 0 fully saturated rings. The number of hydrazine groups is 1. The number of nitrogens with one attached hydrogen (secondary N) is 1. The molecule has 1 atom stereocenters. The van der Waals surface area contributed by atoms with Gasteiger partial charge in [0.2, 0.25) is 0 Å². The molecule has 0 aliphatic heterocycles. The number of rotatable bonds is 6. The molecule has 2 aromatic carbocycles. The third-order valence-electron chi connectivity index (χ3n) is 3.42. The molecular weight excluding hydrogens is 260 g/mol. The molecule has 0 radical (unpaired) electrons. The molecule has 0 amide bonds. The number of hydrogen-bond acceptors (Lipinski definition) is 3. The second-order valence-corrected chi connectivity index (χ2v) is 5.44. The Labute approximate surface area is 127 Å². The lowest BCUT2D eigenvalue weighted by atomic mass is 9.97. The summed E-state index contributed by atoms with van der Waals surface area (Å²) in [4.78, 5) is 0. The van der Waals surface area contributed by atoms with E-state index in [2.05, 4.69) is 42.7 Å². The Morgan fingerprint density at radius 1 is 1.05 bits per heavy atom. The molecule has 0 saturated carbocycles. The van der Waals surface area contributed by atoms with Gasteiger partial charge in [0, 0.05) is 0 Å². The molecule has 0 heterocycles. The van der Waals surface area contributed by atoms with Gasteiger partial charge >= 0.3 is 0 Å². The van der Waals surface area contributed by atoms with E-state index in [4.69, 9.17) is 10.6 Å². The second-order valence-electron chi connectivity index (χ2n) is 5.44. The maximum atomic E-state index is 5.79. The lowest BCUT2D eigenvalue weighted by Crippen LogP contribution is -2.29. The van der Waals surface area contributed by atoms with Crippen molar-refractivity contribution in [2.24, 2.45) is 5.84 Å². The van der Waals surface area contributed by atoms with Crippen LogP contribution in [0.4, 0.5) is 0 Å². The third-order valence-corrected chi connectivity index (χ3v) is 3.42. The number of hydrogen-bond donors (Lipinski definition) is 2. The summed E-state index contributed by atoms with van der Waals surface area (Å²) < 4.78 is 5.76. The smallest absolute Gasteiger partial charge is 0.120 e. The molecule has 2 aromatic rings. The minimum atomic E-state index is -0.0350. The zero-order valence-corrected chi connectivity index (χ0v) is 13.0. The lowest BCUT2D eigenvalue weighted by molar-refractivity contribution is 0.242. The van der Waals surface area contributed by atoms with Gasteiger partial charge in [-0.1, -0.05) is 43.3 Å². The van der Waals surface area contributed by atoms with Crippen LogP contribution in [0.25, 0.3) is 0 Å². The van der Waals surface area contributed by atoms with Crippen molar-refractivity contribution in [3.8, 4) is 5.75 Å². The largest absolute Gasteiger partial charge is 0.491 e. The van der Waals surface area contributed by atoms with Gasteiger partial charge in [0.15, 0.2) is 0 Å².